The molecule has 2 bridgehead atoms. The molecule has 4 nitrogen and oxygen atoms in total. The van der Waals surface area contributed by atoms with Gasteiger partial charge in [0.05, 0.1) is 14.1 Å². The van der Waals surface area contributed by atoms with E-state index in [9.17, 15) is 9.90 Å². The number of nitrogens with zero attached hydrogens (tertiary/aromatic N) is 1. The van der Waals surface area contributed by atoms with E-state index in [0.717, 1.165) is 28.5 Å². The Bertz CT molecular complexity index is 864. The molecule has 3 atom stereocenters. The predicted molar refractivity (Wildman–Crippen MR) is 113 cm³/mol. The van der Waals surface area contributed by atoms with Gasteiger partial charge in [0.15, 0.2) is 0 Å². The van der Waals surface area contributed by atoms with Crippen LogP contribution >= 0.6 is 0 Å². The first-order chi connectivity index (χ1) is 13.7. The average Bonchev–Trinajstić information content (AvgIpc) is 2.85. The van der Waals surface area contributed by atoms with Crippen molar-refractivity contribution in [2.75, 3.05) is 14.1 Å². The van der Waals surface area contributed by atoms with E-state index in [4.69, 9.17) is 4.74 Å². The smallest absolute Gasteiger partial charge is 0.347 e. The number of ether oxygens (including phenoxy) is 1. The number of hydrogen-bond acceptors (Lipinski definition) is 3. The zero-order chi connectivity index (χ0) is 20.8. The molecule has 0 spiro atoms. The van der Waals surface area contributed by atoms with Gasteiger partial charge in [-0.2, -0.15) is 0 Å². The number of esters is 1. The summed E-state index contributed by atoms with van der Waals surface area (Å²) in [7, 11) is 4.45. The molecule has 4 heteroatoms. The van der Waals surface area contributed by atoms with Crippen molar-refractivity contribution in [1.82, 2.24) is 0 Å². The monoisotopic (exact) mass is 392 g/mol. The highest BCUT2D eigenvalue weighted by Gasteiger charge is 2.49. The second kappa shape index (κ2) is 7.12. The number of quaternary nitrogens is 1. The van der Waals surface area contributed by atoms with E-state index in [0.29, 0.717) is 23.2 Å². The van der Waals surface area contributed by atoms with Crippen molar-refractivity contribution in [2.24, 2.45) is 0 Å². The minimum absolute atomic E-state index is 0.193. The topological polar surface area (TPSA) is 46.5 Å². The zero-order valence-corrected chi connectivity index (χ0v) is 17.6. The molecule has 152 valence electrons. The third-order valence-corrected chi connectivity index (χ3v) is 6.78. The number of benzene rings is 2. The molecule has 0 saturated carbocycles. The quantitative estimate of drug-likeness (QED) is 0.491. The van der Waals surface area contributed by atoms with Crippen molar-refractivity contribution in [2.45, 2.75) is 50.5 Å². The summed E-state index contributed by atoms with van der Waals surface area (Å²) >= 11 is 0. The summed E-state index contributed by atoms with van der Waals surface area (Å²) in [6, 6.07) is 15.6. The predicted octanol–water partition coefficient (Wildman–Crippen LogP) is 3.63. The van der Waals surface area contributed by atoms with Crippen LogP contribution in [0.5, 0.6) is 0 Å². The van der Waals surface area contributed by atoms with Crippen LogP contribution in [0.3, 0.4) is 0 Å². The minimum atomic E-state index is -1.82. The Labute approximate surface area is 173 Å². The van der Waals surface area contributed by atoms with E-state index in [1.54, 1.807) is 0 Å². The first-order valence-electron chi connectivity index (χ1n) is 10.3. The molecule has 4 rings (SSSR count). The molecule has 0 radical (unpaired) electrons. The lowest BCUT2D eigenvalue weighted by atomic mass is 9.85. The number of fused-ring (bicyclic) bond motifs is 2. The van der Waals surface area contributed by atoms with Crippen molar-refractivity contribution in [3.8, 4) is 0 Å². The molecule has 0 aromatic heterocycles. The Morgan fingerprint density at radius 2 is 1.31 bits per heavy atom. The standard InChI is InChI=1S/C25H30NO3/c1-17-5-9-19(10-6-17)25(28,20-11-7-18(2)8-12-20)24(27)29-23-15-21-13-14-22(16-23)26(21,3)4/h5-14,21-23,28H,15-16H2,1-4H3/q+1/t21-,22?,23?/m1/s1. The second-order valence-electron chi connectivity index (χ2n) is 9.09. The molecule has 0 aliphatic carbocycles. The first kappa shape index (κ1) is 19.9. The molecule has 2 unspecified atom stereocenters. The highest BCUT2D eigenvalue weighted by molar-refractivity contribution is 5.85. The van der Waals surface area contributed by atoms with Gasteiger partial charge in [-0.05, 0) is 37.1 Å². The molecule has 1 saturated heterocycles. The summed E-state index contributed by atoms with van der Waals surface area (Å²) in [5.74, 6) is -0.596. The van der Waals surface area contributed by atoms with Crippen LogP contribution in [0, 0.1) is 13.8 Å². The molecular formula is C25H30NO3+. The number of carbonyl (C=O) groups excluding carboxylic acids is 1. The first-order valence-corrected chi connectivity index (χ1v) is 10.3. The lowest BCUT2D eigenvalue weighted by Crippen LogP contribution is -2.57. The number of likely N-dealkylation sites (N-methyl/N-ethyl adjacent to an activating group) is 1. The van der Waals surface area contributed by atoms with Crippen molar-refractivity contribution in [3.05, 3.63) is 82.9 Å². The third-order valence-electron chi connectivity index (χ3n) is 6.78. The Morgan fingerprint density at radius 1 is 0.897 bits per heavy atom. The number of hydrogen-bond donors (Lipinski definition) is 1. The zero-order valence-electron chi connectivity index (χ0n) is 17.6. The van der Waals surface area contributed by atoms with Gasteiger partial charge in [0, 0.05) is 12.8 Å². The van der Waals surface area contributed by atoms with Gasteiger partial charge in [-0.1, -0.05) is 59.7 Å². The molecule has 2 aliphatic heterocycles. The van der Waals surface area contributed by atoms with Crippen LogP contribution in [0.15, 0.2) is 60.7 Å². The van der Waals surface area contributed by atoms with Gasteiger partial charge in [0.1, 0.15) is 18.2 Å². The Balaban J connectivity index is 1.64. The second-order valence-corrected chi connectivity index (χ2v) is 9.09. The fourth-order valence-corrected chi connectivity index (χ4v) is 4.61. The highest BCUT2D eigenvalue weighted by Crippen LogP contribution is 2.38. The largest absolute Gasteiger partial charge is 0.459 e. The summed E-state index contributed by atoms with van der Waals surface area (Å²) < 4.78 is 6.87. The van der Waals surface area contributed by atoms with Crippen LogP contribution in [-0.4, -0.2) is 47.8 Å². The molecular weight excluding hydrogens is 362 g/mol. The fourth-order valence-electron chi connectivity index (χ4n) is 4.61. The maximum atomic E-state index is 13.4. The van der Waals surface area contributed by atoms with E-state index in [1.165, 1.54) is 0 Å². The average molecular weight is 393 g/mol. The molecule has 2 aliphatic rings. The lowest BCUT2D eigenvalue weighted by molar-refractivity contribution is -0.926. The molecule has 0 amide bonds. The molecule has 2 heterocycles. The molecule has 2 aromatic rings. The number of piperidine rings is 1. The fraction of sp³-hybridized carbons (Fsp3) is 0.400. The number of carbonyl (C=O) groups is 1. The van der Waals surface area contributed by atoms with Gasteiger partial charge < -0.3 is 14.3 Å². The summed E-state index contributed by atoms with van der Waals surface area (Å²) in [5, 5.41) is 11.7. The summed E-state index contributed by atoms with van der Waals surface area (Å²) in [6.45, 7) is 3.97. The van der Waals surface area contributed by atoms with Gasteiger partial charge in [-0.25, -0.2) is 4.79 Å². The van der Waals surface area contributed by atoms with Crippen LogP contribution in [-0.2, 0) is 15.1 Å². The SMILES string of the molecule is Cc1ccc(C(O)(C(=O)OC2CC3C=C[C@H](C2)[N+]3(C)C)c2ccc(C)cc2)cc1. The maximum absolute atomic E-state index is 13.4. The molecule has 1 fully saturated rings. The van der Waals surface area contributed by atoms with E-state index in [2.05, 4.69) is 26.2 Å². The van der Waals surface area contributed by atoms with Crippen molar-refractivity contribution < 1.29 is 19.1 Å². The van der Waals surface area contributed by atoms with Crippen LogP contribution < -0.4 is 0 Å². The number of aryl methyl sites for hydroxylation is 2. The molecule has 1 N–H and O–H groups in total. The normalized spacial score (nSPS) is 25.1. The highest BCUT2D eigenvalue weighted by atomic mass is 16.6. The Kier molecular flexibility index (Phi) is 4.88. The Morgan fingerprint density at radius 3 is 1.72 bits per heavy atom. The third kappa shape index (κ3) is 3.41. The minimum Gasteiger partial charge on any atom is -0.459 e. The van der Waals surface area contributed by atoms with Gasteiger partial charge >= 0.3 is 5.97 Å². The van der Waals surface area contributed by atoms with Gasteiger partial charge in [0.2, 0.25) is 5.60 Å². The van der Waals surface area contributed by atoms with E-state index in [-0.39, 0.29) is 6.10 Å². The molecule has 2 aromatic carbocycles. The summed E-state index contributed by atoms with van der Waals surface area (Å²) in [6.07, 6.45) is 5.85. The van der Waals surface area contributed by atoms with Crippen LogP contribution in [0.2, 0.25) is 0 Å². The summed E-state index contributed by atoms with van der Waals surface area (Å²) in [4.78, 5) is 13.4. The van der Waals surface area contributed by atoms with Gasteiger partial charge in [0.25, 0.3) is 0 Å². The summed E-state index contributed by atoms with van der Waals surface area (Å²) in [5.41, 5.74) is 1.39. The van der Waals surface area contributed by atoms with Crippen LogP contribution in [0.25, 0.3) is 0 Å². The van der Waals surface area contributed by atoms with E-state index in [1.807, 2.05) is 62.4 Å². The van der Waals surface area contributed by atoms with Gasteiger partial charge in [-0.3, -0.25) is 0 Å². The van der Waals surface area contributed by atoms with E-state index < -0.39 is 11.6 Å². The maximum Gasteiger partial charge on any atom is 0.347 e. The number of rotatable bonds is 4. The van der Waals surface area contributed by atoms with Crippen molar-refractivity contribution in [3.63, 3.8) is 0 Å². The van der Waals surface area contributed by atoms with Crippen LogP contribution in [0.1, 0.15) is 35.1 Å². The van der Waals surface area contributed by atoms with Crippen molar-refractivity contribution in [1.29, 1.82) is 0 Å². The van der Waals surface area contributed by atoms with E-state index >= 15 is 0 Å². The molecule has 29 heavy (non-hydrogen) atoms. The lowest BCUT2D eigenvalue weighted by Gasteiger charge is -2.44. The van der Waals surface area contributed by atoms with Crippen LogP contribution in [0.4, 0.5) is 0 Å². The number of aliphatic hydroxyl groups is 1. The Hall–Kier alpha value is -2.43. The van der Waals surface area contributed by atoms with Crippen molar-refractivity contribution >= 4 is 5.97 Å². The van der Waals surface area contributed by atoms with Gasteiger partial charge in [-0.15, -0.1) is 0 Å².